The Hall–Kier alpha value is -4.08. The van der Waals surface area contributed by atoms with Gasteiger partial charge in [-0.15, -0.1) is 0 Å². The number of carbonyl (C=O) groups excluding carboxylic acids is 1. The zero-order valence-corrected chi connectivity index (χ0v) is 20.6. The quantitative estimate of drug-likeness (QED) is 0.129. The van der Waals surface area contributed by atoms with Gasteiger partial charge in [-0.05, 0) is 37.1 Å². The number of rotatable bonds is 7. The van der Waals surface area contributed by atoms with Crippen molar-refractivity contribution in [3.63, 3.8) is 0 Å². The number of aromatic carboxylic acids is 1. The number of halogens is 1. The van der Waals surface area contributed by atoms with Gasteiger partial charge < -0.3 is 29.7 Å². The molecule has 0 aliphatic carbocycles. The highest BCUT2D eigenvalue weighted by Gasteiger charge is 2.32. The van der Waals surface area contributed by atoms with Gasteiger partial charge in [-0.2, -0.15) is 0 Å². The number of benzene rings is 2. The van der Waals surface area contributed by atoms with Crippen LogP contribution in [0.25, 0.3) is 32.9 Å². The number of aliphatic hydroxyl groups excluding tert-OH is 1. The SMILES string of the molecule is CC(=CCc1cccc2c(C(=O)c3oc(C(=O)O)c(-c4c[nH]c5ccc(Br)cc45)c3O)c[nH]c12)CO. The molecule has 0 unspecified atom stereocenters. The van der Waals surface area contributed by atoms with Crippen LogP contribution in [0, 0.1) is 0 Å². The molecule has 3 heterocycles. The lowest BCUT2D eigenvalue weighted by Crippen LogP contribution is -1.99. The molecular formula is C27H21BrN2O6. The summed E-state index contributed by atoms with van der Waals surface area (Å²) < 4.78 is 6.26. The third-order valence-electron chi connectivity index (χ3n) is 6.16. The van der Waals surface area contributed by atoms with Gasteiger partial charge in [0.1, 0.15) is 0 Å². The van der Waals surface area contributed by atoms with E-state index >= 15 is 0 Å². The maximum absolute atomic E-state index is 13.5. The lowest BCUT2D eigenvalue weighted by atomic mass is 10.0. The number of para-hydroxylation sites is 1. The summed E-state index contributed by atoms with van der Waals surface area (Å²) in [5.41, 5.74) is 3.77. The predicted octanol–water partition coefficient (Wildman–Crippen LogP) is 5.79. The van der Waals surface area contributed by atoms with Crippen molar-refractivity contribution in [3.05, 3.63) is 87.6 Å². The van der Waals surface area contributed by atoms with E-state index in [1.54, 1.807) is 18.3 Å². The van der Waals surface area contributed by atoms with Gasteiger partial charge in [0.05, 0.1) is 17.7 Å². The average Bonchev–Trinajstić information content (AvgIpc) is 3.57. The van der Waals surface area contributed by atoms with E-state index in [1.165, 1.54) is 6.20 Å². The van der Waals surface area contributed by atoms with E-state index in [0.717, 1.165) is 26.6 Å². The Bertz CT molecular complexity index is 1690. The first-order chi connectivity index (χ1) is 17.3. The van der Waals surface area contributed by atoms with Crippen LogP contribution in [0.2, 0.25) is 0 Å². The van der Waals surface area contributed by atoms with Crippen molar-refractivity contribution in [3.8, 4) is 16.9 Å². The number of aromatic amines is 2. The molecule has 2 aromatic carbocycles. The summed E-state index contributed by atoms with van der Waals surface area (Å²) in [6.45, 7) is 1.79. The molecule has 0 bridgehead atoms. The second kappa shape index (κ2) is 9.18. The van der Waals surface area contributed by atoms with Gasteiger partial charge in [-0.1, -0.05) is 45.8 Å². The molecule has 0 atom stereocenters. The van der Waals surface area contributed by atoms with Crippen LogP contribution in [0.4, 0.5) is 0 Å². The highest BCUT2D eigenvalue weighted by Crippen LogP contribution is 2.43. The largest absolute Gasteiger partial charge is 0.504 e. The van der Waals surface area contributed by atoms with Gasteiger partial charge in [-0.3, -0.25) is 4.79 Å². The number of hydrogen-bond acceptors (Lipinski definition) is 5. The monoisotopic (exact) mass is 548 g/mol. The predicted molar refractivity (Wildman–Crippen MR) is 139 cm³/mol. The molecule has 0 spiro atoms. The first-order valence-corrected chi connectivity index (χ1v) is 11.9. The molecule has 9 heteroatoms. The highest BCUT2D eigenvalue weighted by atomic mass is 79.9. The van der Waals surface area contributed by atoms with E-state index in [0.29, 0.717) is 22.8 Å². The van der Waals surface area contributed by atoms with E-state index in [1.807, 2.05) is 37.3 Å². The van der Waals surface area contributed by atoms with Crippen LogP contribution >= 0.6 is 15.9 Å². The van der Waals surface area contributed by atoms with Crippen molar-refractivity contribution in [1.29, 1.82) is 0 Å². The summed E-state index contributed by atoms with van der Waals surface area (Å²) >= 11 is 3.41. The van der Waals surface area contributed by atoms with Gasteiger partial charge in [0.25, 0.3) is 0 Å². The standard InChI is InChI=1S/C27H21BrN2O6/c1-13(12-31)5-6-14-3-2-4-16-19(11-30-22(14)16)23(32)26-24(33)21(25(36-26)27(34)35)18-10-29-20-8-7-15(28)9-17(18)20/h2-5,7-11,29-31,33H,6,12H2,1H3,(H,34,35). The maximum Gasteiger partial charge on any atom is 0.372 e. The smallest absolute Gasteiger partial charge is 0.372 e. The lowest BCUT2D eigenvalue weighted by molar-refractivity contribution is 0.0661. The maximum atomic E-state index is 13.5. The minimum atomic E-state index is -1.41. The van der Waals surface area contributed by atoms with E-state index < -0.39 is 29.0 Å². The Balaban J connectivity index is 1.63. The van der Waals surface area contributed by atoms with Gasteiger partial charge in [-0.25, -0.2) is 4.79 Å². The Morgan fingerprint density at radius 2 is 1.89 bits per heavy atom. The van der Waals surface area contributed by atoms with Crippen molar-refractivity contribution >= 4 is 49.5 Å². The third-order valence-corrected chi connectivity index (χ3v) is 6.66. The topological polar surface area (TPSA) is 140 Å². The molecule has 0 saturated heterocycles. The average molecular weight is 549 g/mol. The van der Waals surface area contributed by atoms with Gasteiger partial charge >= 0.3 is 5.97 Å². The van der Waals surface area contributed by atoms with Gasteiger partial charge in [0.2, 0.25) is 17.3 Å². The molecule has 3 aromatic heterocycles. The first-order valence-electron chi connectivity index (χ1n) is 11.1. The first kappa shape index (κ1) is 23.7. The number of ketones is 1. The summed E-state index contributed by atoms with van der Waals surface area (Å²) in [4.78, 5) is 31.7. The number of fused-ring (bicyclic) bond motifs is 2. The number of aromatic hydroxyl groups is 1. The van der Waals surface area contributed by atoms with Crippen LogP contribution in [0.15, 0.2) is 69.3 Å². The minimum Gasteiger partial charge on any atom is -0.504 e. The Kier molecular flexibility index (Phi) is 6.03. The molecule has 182 valence electrons. The molecule has 5 aromatic rings. The summed E-state index contributed by atoms with van der Waals surface area (Å²) in [5, 5.41) is 31.4. The highest BCUT2D eigenvalue weighted by molar-refractivity contribution is 9.10. The number of carboxylic acid groups (broad SMARTS) is 1. The fourth-order valence-electron chi connectivity index (χ4n) is 4.32. The zero-order valence-electron chi connectivity index (χ0n) is 19.1. The van der Waals surface area contributed by atoms with Crippen molar-refractivity contribution in [1.82, 2.24) is 9.97 Å². The molecular weight excluding hydrogens is 528 g/mol. The number of H-pyrrole nitrogens is 2. The molecule has 0 saturated carbocycles. The van der Waals surface area contributed by atoms with Crippen LogP contribution in [-0.2, 0) is 6.42 Å². The summed E-state index contributed by atoms with van der Waals surface area (Å²) in [6, 6.07) is 10.9. The number of carbonyl (C=O) groups is 2. The molecule has 0 aliphatic rings. The van der Waals surface area contributed by atoms with Crippen molar-refractivity contribution < 1.29 is 29.3 Å². The number of carboxylic acids is 1. The Labute approximate surface area is 213 Å². The van der Waals surface area contributed by atoms with Crippen LogP contribution in [-0.4, -0.2) is 43.6 Å². The van der Waals surface area contributed by atoms with Crippen LogP contribution in [0.5, 0.6) is 5.75 Å². The summed E-state index contributed by atoms with van der Waals surface area (Å²) in [5.74, 6) is -3.56. The Morgan fingerprint density at radius 3 is 2.64 bits per heavy atom. The van der Waals surface area contributed by atoms with Crippen molar-refractivity contribution in [2.75, 3.05) is 6.61 Å². The minimum absolute atomic E-state index is 0.0379. The van der Waals surface area contributed by atoms with Crippen LogP contribution in [0.1, 0.15) is 39.2 Å². The number of nitrogens with one attached hydrogen (secondary N) is 2. The van der Waals surface area contributed by atoms with E-state index in [2.05, 4.69) is 25.9 Å². The second-order valence-corrected chi connectivity index (χ2v) is 9.38. The van der Waals surface area contributed by atoms with Crippen LogP contribution in [0.3, 0.4) is 0 Å². The van der Waals surface area contributed by atoms with E-state index in [9.17, 15) is 24.9 Å². The number of aromatic nitrogens is 2. The molecule has 0 radical (unpaired) electrons. The summed E-state index contributed by atoms with van der Waals surface area (Å²) in [6.07, 6.45) is 5.54. The zero-order chi connectivity index (χ0) is 25.6. The van der Waals surface area contributed by atoms with Crippen molar-refractivity contribution in [2.24, 2.45) is 0 Å². The summed E-state index contributed by atoms with van der Waals surface area (Å²) in [7, 11) is 0. The number of furan rings is 1. The second-order valence-electron chi connectivity index (χ2n) is 8.47. The van der Waals surface area contributed by atoms with E-state index in [-0.39, 0.29) is 17.7 Å². The number of aliphatic hydroxyl groups is 1. The molecule has 36 heavy (non-hydrogen) atoms. The fourth-order valence-corrected chi connectivity index (χ4v) is 4.68. The Morgan fingerprint density at radius 1 is 1.08 bits per heavy atom. The molecule has 0 amide bonds. The van der Waals surface area contributed by atoms with Gasteiger partial charge in [0.15, 0.2) is 5.75 Å². The van der Waals surface area contributed by atoms with Gasteiger partial charge in [0, 0.05) is 44.2 Å². The molecule has 5 N–H and O–H groups in total. The lowest BCUT2D eigenvalue weighted by Gasteiger charge is -2.02. The molecule has 0 fully saturated rings. The van der Waals surface area contributed by atoms with Crippen molar-refractivity contribution in [2.45, 2.75) is 13.3 Å². The number of hydrogen-bond donors (Lipinski definition) is 5. The normalized spacial score (nSPS) is 12.0. The number of allylic oxidation sites excluding steroid dienone is 1. The molecule has 0 aliphatic heterocycles. The molecule has 8 nitrogen and oxygen atoms in total. The third kappa shape index (κ3) is 3.92. The van der Waals surface area contributed by atoms with Crippen LogP contribution < -0.4 is 0 Å². The van der Waals surface area contributed by atoms with E-state index in [4.69, 9.17) is 4.42 Å². The fraction of sp³-hybridized carbons (Fsp3) is 0.111. The molecule has 5 rings (SSSR count).